The van der Waals surface area contributed by atoms with Gasteiger partial charge >= 0.3 is 12.1 Å². The van der Waals surface area contributed by atoms with Crippen LogP contribution in [0.4, 0.5) is 13.2 Å². The molecule has 2 nitrogen and oxygen atoms in total. The number of rotatable bonds is 6. The van der Waals surface area contributed by atoms with Gasteiger partial charge in [0.05, 0.1) is 0 Å². The third kappa shape index (κ3) is 2.96. The molecular formula is C20H25F3O2. The van der Waals surface area contributed by atoms with E-state index in [1.54, 1.807) is 12.2 Å². The van der Waals surface area contributed by atoms with Crippen molar-refractivity contribution in [3.63, 3.8) is 0 Å². The van der Waals surface area contributed by atoms with E-state index in [4.69, 9.17) is 4.74 Å². The molecule has 0 aromatic carbocycles. The van der Waals surface area contributed by atoms with Crippen LogP contribution in [0.3, 0.4) is 0 Å². The number of halogens is 3. The maximum atomic E-state index is 12.9. The number of ether oxygens (including phenoxy) is 1. The summed E-state index contributed by atoms with van der Waals surface area (Å²) in [6.07, 6.45) is 4.84. The zero-order chi connectivity index (χ0) is 18.5. The van der Waals surface area contributed by atoms with Crippen molar-refractivity contribution in [2.75, 3.05) is 0 Å². The third-order valence-electron chi connectivity index (χ3n) is 6.58. The molecular weight excluding hydrogens is 329 g/mol. The van der Waals surface area contributed by atoms with Crippen LogP contribution in [-0.4, -0.2) is 17.7 Å². The number of hydrogen-bond donors (Lipinski definition) is 0. The molecule has 4 bridgehead atoms. The summed E-state index contributed by atoms with van der Waals surface area (Å²) in [6, 6.07) is 0. The van der Waals surface area contributed by atoms with E-state index in [-0.39, 0.29) is 11.8 Å². The van der Waals surface area contributed by atoms with E-state index in [0.29, 0.717) is 17.8 Å². The van der Waals surface area contributed by atoms with Gasteiger partial charge in [-0.15, -0.1) is 6.58 Å². The maximum absolute atomic E-state index is 12.9. The van der Waals surface area contributed by atoms with Crippen LogP contribution in [0.5, 0.6) is 0 Å². The second-order valence-electron chi connectivity index (χ2n) is 8.15. The summed E-state index contributed by atoms with van der Waals surface area (Å²) < 4.78 is 44.2. The summed E-state index contributed by atoms with van der Waals surface area (Å²) in [7, 11) is 0. The highest BCUT2D eigenvalue weighted by molar-refractivity contribution is 5.89. The highest BCUT2D eigenvalue weighted by Crippen LogP contribution is 2.65. The van der Waals surface area contributed by atoms with Gasteiger partial charge in [-0.05, 0) is 62.4 Å². The first-order valence-electron chi connectivity index (χ1n) is 8.88. The Bertz CT molecular complexity index is 569. The minimum atomic E-state index is -4.79. The highest BCUT2D eigenvalue weighted by atomic mass is 19.4. The maximum Gasteiger partial charge on any atom is 0.422 e. The fraction of sp³-hybridized carbons (Fsp3) is 0.650. The van der Waals surface area contributed by atoms with Crippen LogP contribution < -0.4 is 0 Å². The van der Waals surface area contributed by atoms with Gasteiger partial charge in [0.2, 0.25) is 0 Å². The van der Waals surface area contributed by atoms with E-state index >= 15 is 0 Å². The lowest BCUT2D eigenvalue weighted by atomic mass is 9.45. The van der Waals surface area contributed by atoms with Gasteiger partial charge < -0.3 is 4.74 Å². The molecule has 5 heteroatoms. The molecule has 4 aliphatic rings. The van der Waals surface area contributed by atoms with Gasteiger partial charge in [0, 0.05) is 11.8 Å². The van der Waals surface area contributed by atoms with E-state index < -0.39 is 23.3 Å². The highest BCUT2D eigenvalue weighted by Gasteiger charge is 2.61. The van der Waals surface area contributed by atoms with Crippen molar-refractivity contribution < 1.29 is 22.7 Å². The van der Waals surface area contributed by atoms with Crippen molar-refractivity contribution in [3.8, 4) is 0 Å². The van der Waals surface area contributed by atoms with Crippen LogP contribution in [-0.2, 0) is 9.53 Å². The van der Waals surface area contributed by atoms with Gasteiger partial charge in [0.25, 0.3) is 0 Å². The van der Waals surface area contributed by atoms with Crippen LogP contribution >= 0.6 is 0 Å². The quantitative estimate of drug-likeness (QED) is 0.364. The number of carbonyl (C=O) groups is 1. The molecule has 0 aromatic heterocycles. The van der Waals surface area contributed by atoms with E-state index in [2.05, 4.69) is 19.7 Å². The first kappa shape index (κ1) is 18.3. The second kappa shape index (κ2) is 6.03. The van der Waals surface area contributed by atoms with Crippen LogP contribution in [0.25, 0.3) is 0 Å². The molecule has 0 aromatic rings. The summed E-state index contributed by atoms with van der Waals surface area (Å²) in [5.74, 6) is 0.310. The Morgan fingerprint density at radius 1 is 1.08 bits per heavy atom. The molecule has 0 saturated heterocycles. The number of carbonyl (C=O) groups excluding carboxylic acids is 1. The van der Waals surface area contributed by atoms with Gasteiger partial charge in [-0.25, -0.2) is 4.79 Å². The zero-order valence-electron chi connectivity index (χ0n) is 14.4. The monoisotopic (exact) mass is 354 g/mol. The Kier molecular flexibility index (Phi) is 4.41. The predicted molar refractivity (Wildman–Crippen MR) is 89.6 cm³/mol. The molecule has 0 N–H and O–H groups in total. The lowest BCUT2D eigenvalue weighted by Gasteiger charge is -2.62. The normalized spacial score (nSPS) is 35.7. The lowest BCUT2D eigenvalue weighted by Crippen LogP contribution is -2.59. The molecule has 1 atom stereocenters. The second-order valence-corrected chi connectivity index (χ2v) is 8.15. The third-order valence-corrected chi connectivity index (χ3v) is 6.58. The van der Waals surface area contributed by atoms with E-state index in [0.717, 1.165) is 19.3 Å². The van der Waals surface area contributed by atoms with Crippen LogP contribution in [0, 0.1) is 23.2 Å². The van der Waals surface area contributed by atoms with Crippen LogP contribution in [0.1, 0.15) is 44.9 Å². The van der Waals surface area contributed by atoms with Crippen molar-refractivity contribution in [2.24, 2.45) is 23.2 Å². The van der Waals surface area contributed by atoms with Crippen LogP contribution in [0.15, 0.2) is 37.5 Å². The Morgan fingerprint density at radius 3 is 1.92 bits per heavy atom. The van der Waals surface area contributed by atoms with Crippen LogP contribution in [0.2, 0.25) is 0 Å². The summed E-state index contributed by atoms with van der Waals surface area (Å²) in [5, 5.41) is 0. The molecule has 4 aliphatic carbocycles. The summed E-state index contributed by atoms with van der Waals surface area (Å²) >= 11 is 0. The van der Waals surface area contributed by atoms with Gasteiger partial charge in [-0.2, -0.15) is 13.2 Å². The molecule has 4 saturated carbocycles. The first-order valence-corrected chi connectivity index (χ1v) is 8.88. The topological polar surface area (TPSA) is 26.3 Å². The fourth-order valence-corrected chi connectivity index (χ4v) is 5.89. The van der Waals surface area contributed by atoms with Crippen molar-refractivity contribution in [2.45, 2.75) is 56.7 Å². The van der Waals surface area contributed by atoms with E-state index in [1.807, 2.05) is 0 Å². The molecule has 0 heterocycles. The first-order chi connectivity index (χ1) is 11.6. The minimum Gasteiger partial charge on any atom is -0.450 e. The Labute approximate surface area is 146 Å². The van der Waals surface area contributed by atoms with Crippen molar-refractivity contribution in [1.29, 1.82) is 0 Å². The SMILES string of the molecule is C=CCC(C=C)(OC(=O)C(=C)C(F)(F)F)C12CC3CC(CC(C3)C1)C2. The number of esters is 1. The van der Waals surface area contributed by atoms with Gasteiger partial charge in [-0.1, -0.05) is 19.2 Å². The fourth-order valence-electron chi connectivity index (χ4n) is 5.89. The van der Waals surface area contributed by atoms with Crippen molar-refractivity contribution in [1.82, 2.24) is 0 Å². The van der Waals surface area contributed by atoms with E-state index in [1.165, 1.54) is 19.3 Å². The summed E-state index contributed by atoms with van der Waals surface area (Å²) in [4.78, 5) is 12.2. The molecule has 4 rings (SSSR count). The smallest absolute Gasteiger partial charge is 0.422 e. The van der Waals surface area contributed by atoms with Gasteiger partial charge in [0.15, 0.2) is 0 Å². The standard InChI is InChI=1S/C20H25F3O2/c1-4-6-19(5-2,25-17(24)13(3)20(21,22)23)18-10-14-7-15(11-18)9-16(8-14)12-18/h4-5,14-16H,1-3,6-12H2. The summed E-state index contributed by atoms with van der Waals surface area (Å²) in [6.45, 7) is 10.5. The molecule has 0 amide bonds. The Balaban J connectivity index is 1.94. The average Bonchev–Trinajstić information content (AvgIpc) is 2.51. The molecule has 138 valence electrons. The molecule has 0 radical (unpaired) electrons. The van der Waals surface area contributed by atoms with Crippen molar-refractivity contribution in [3.05, 3.63) is 37.5 Å². The lowest BCUT2D eigenvalue weighted by molar-refractivity contribution is -0.195. The average molecular weight is 354 g/mol. The molecule has 1 unspecified atom stereocenters. The van der Waals surface area contributed by atoms with Crippen molar-refractivity contribution >= 4 is 5.97 Å². The molecule has 4 fully saturated rings. The zero-order valence-corrected chi connectivity index (χ0v) is 14.4. The number of alkyl halides is 3. The van der Waals surface area contributed by atoms with Gasteiger partial charge in [-0.3, -0.25) is 0 Å². The predicted octanol–water partition coefficient (Wildman–Crippen LogP) is 5.37. The minimum absolute atomic E-state index is 0.277. The van der Waals surface area contributed by atoms with E-state index in [9.17, 15) is 18.0 Å². The molecule has 0 aliphatic heterocycles. The Hall–Kier alpha value is -1.52. The molecule has 0 spiro atoms. The molecule has 25 heavy (non-hydrogen) atoms. The Morgan fingerprint density at radius 2 is 1.56 bits per heavy atom. The van der Waals surface area contributed by atoms with Gasteiger partial charge in [0.1, 0.15) is 11.2 Å². The largest absolute Gasteiger partial charge is 0.450 e. The summed E-state index contributed by atoms with van der Waals surface area (Å²) in [5.41, 5.74) is -2.94. The number of hydrogen-bond acceptors (Lipinski definition) is 2.